The molecule has 0 radical (unpaired) electrons. The van der Waals surface area contributed by atoms with Crippen molar-refractivity contribution in [3.63, 3.8) is 0 Å². The van der Waals surface area contributed by atoms with Crippen LogP contribution in [0.3, 0.4) is 0 Å². The number of nitrogens with one attached hydrogen (secondary N) is 1. The second-order valence-electron chi connectivity index (χ2n) is 7.75. The molecule has 1 aliphatic heterocycles. The summed E-state index contributed by atoms with van der Waals surface area (Å²) in [5, 5.41) is 2.88. The van der Waals surface area contributed by atoms with Crippen LogP contribution in [0.25, 0.3) is 11.3 Å². The Hall–Kier alpha value is -3.76. The zero-order chi connectivity index (χ0) is 23.2. The van der Waals surface area contributed by atoms with E-state index >= 15 is 0 Å². The van der Waals surface area contributed by atoms with Gasteiger partial charge in [-0.2, -0.15) is 0 Å². The summed E-state index contributed by atoms with van der Waals surface area (Å²) < 4.78 is 11.0. The van der Waals surface area contributed by atoms with Gasteiger partial charge in [0, 0.05) is 30.9 Å². The summed E-state index contributed by atoms with van der Waals surface area (Å²) in [6.45, 7) is 5.02. The predicted molar refractivity (Wildman–Crippen MR) is 126 cm³/mol. The van der Waals surface area contributed by atoms with Gasteiger partial charge in [0.1, 0.15) is 12.4 Å². The third-order valence-corrected chi connectivity index (χ3v) is 5.08. The maximum atomic E-state index is 13.1. The number of nitrogens with zero attached hydrogens (tertiary/aromatic N) is 4. The zero-order valence-corrected chi connectivity index (χ0v) is 18.4. The second kappa shape index (κ2) is 10.2. The van der Waals surface area contributed by atoms with Crippen molar-refractivity contribution in [1.29, 1.82) is 0 Å². The molecular formula is C23H27N7O3. The smallest absolute Gasteiger partial charge is 0.278 e. The summed E-state index contributed by atoms with van der Waals surface area (Å²) in [5.41, 5.74) is 14.5. The van der Waals surface area contributed by atoms with Gasteiger partial charge in [-0.05, 0) is 37.3 Å². The molecule has 1 fully saturated rings. The molecule has 1 amide bonds. The third kappa shape index (κ3) is 5.54. The number of hydrogen-bond donors (Lipinski definition) is 3. The molecule has 1 aliphatic rings. The highest BCUT2D eigenvalue weighted by Crippen LogP contribution is 2.27. The topological polar surface area (TPSA) is 142 Å². The van der Waals surface area contributed by atoms with Crippen molar-refractivity contribution in [1.82, 2.24) is 15.0 Å². The first-order valence-corrected chi connectivity index (χ1v) is 10.7. The van der Waals surface area contributed by atoms with Crippen molar-refractivity contribution in [2.24, 2.45) is 5.73 Å². The maximum absolute atomic E-state index is 13.1. The molecule has 172 valence electrons. The van der Waals surface area contributed by atoms with Crippen LogP contribution in [0.4, 0.5) is 17.2 Å². The van der Waals surface area contributed by atoms with Crippen LogP contribution in [0.15, 0.2) is 48.9 Å². The van der Waals surface area contributed by atoms with E-state index in [4.69, 9.17) is 20.9 Å². The standard InChI is InChI=1S/C23H27N7O3/c1-15(24)14-33-17-4-2-16(3-5-17)18-13-27-22(25)21(28-18)23(31)29-19-12-26-7-6-20(19)30-8-10-32-11-9-30/h2-7,12-13,15H,8-11,14,24H2,1H3,(H2,25,27)(H,29,31). The number of hydrogen-bond acceptors (Lipinski definition) is 9. The molecule has 4 rings (SSSR count). The average molecular weight is 450 g/mol. The highest BCUT2D eigenvalue weighted by atomic mass is 16.5. The van der Waals surface area contributed by atoms with E-state index in [0.29, 0.717) is 37.0 Å². The lowest BCUT2D eigenvalue weighted by atomic mass is 10.1. The normalized spacial score (nSPS) is 14.5. The SMILES string of the molecule is CC(N)COc1ccc(-c2cnc(N)c(C(=O)Nc3cnccc3N3CCOCC3)n2)cc1. The van der Waals surface area contributed by atoms with Crippen molar-refractivity contribution >= 4 is 23.1 Å². The summed E-state index contributed by atoms with van der Waals surface area (Å²) in [5.74, 6) is 0.288. The van der Waals surface area contributed by atoms with Crippen LogP contribution in [0.2, 0.25) is 0 Å². The molecule has 0 spiro atoms. The average Bonchev–Trinajstić information content (AvgIpc) is 2.84. The van der Waals surface area contributed by atoms with Gasteiger partial charge in [0.25, 0.3) is 5.91 Å². The molecule has 10 heteroatoms. The van der Waals surface area contributed by atoms with E-state index in [2.05, 4.69) is 25.2 Å². The molecule has 0 aliphatic carbocycles. The van der Waals surface area contributed by atoms with Gasteiger partial charge in [0.05, 0.1) is 42.7 Å². The Morgan fingerprint density at radius 2 is 1.97 bits per heavy atom. The molecule has 1 atom stereocenters. The molecule has 2 aromatic heterocycles. The van der Waals surface area contributed by atoms with Crippen LogP contribution in [0, 0.1) is 0 Å². The molecule has 0 saturated carbocycles. The summed E-state index contributed by atoms with van der Waals surface area (Å²) >= 11 is 0. The summed E-state index contributed by atoms with van der Waals surface area (Å²) in [6.07, 6.45) is 4.83. The predicted octanol–water partition coefficient (Wildman–Crippen LogP) is 1.94. The Labute approximate surface area is 191 Å². The first-order chi connectivity index (χ1) is 16.0. The Balaban J connectivity index is 1.53. The minimum Gasteiger partial charge on any atom is -0.492 e. The van der Waals surface area contributed by atoms with Gasteiger partial charge in [-0.25, -0.2) is 9.97 Å². The lowest BCUT2D eigenvalue weighted by Gasteiger charge is -2.30. The Morgan fingerprint density at radius 1 is 1.21 bits per heavy atom. The first kappa shape index (κ1) is 22.4. The van der Waals surface area contributed by atoms with Crippen molar-refractivity contribution in [3.05, 3.63) is 54.6 Å². The van der Waals surface area contributed by atoms with E-state index in [-0.39, 0.29) is 17.6 Å². The number of carbonyl (C=O) groups is 1. The van der Waals surface area contributed by atoms with E-state index in [1.807, 2.05) is 37.3 Å². The third-order valence-electron chi connectivity index (χ3n) is 5.08. The molecular weight excluding hydrogens is 422 g/mol. The Morgan fingerprint density at radius 3 is 2.70 bits per heavy atom. The van der Waals surface area contributed by atoms with Crippen molar-refractivity contribution in [2.75, 3.05) is 48.9 Å². The fourth-order valence-electron chi connectivity index (χ4n) is 3.40. The van der Waals surface area contributed by atoms with Crippen molar-refractivity contribution in [2.45, 2.75) is 13.0 Å². The van der Waals surface area contributed by atoms with E-state index in [1.54, 1.807) is 12.4 Å². The number of carbonyl (C=O) groups excluding carboxylic acids is 1. The summed E-state index contributed by atoms with van der Waals surface area (Å²) in [7, 11) is 0. The Bertz CT molecular complexity index is 1100. The van der Waals surface area contributed by atoms with Crippen LogP contribution in [0.5, 0.6) is 5.75 Å². The monoisotopic (exact) mass is 449 g/mol. The molecule has 3 heterocycles. The largest absolute Gasteiger partial charge is 0.492 e. The van der Waals surface area contributed by atoms with Crippen LogP contribution in [-0.2, 0) is 4.74 Å². The first-order valence-electron chi connectivity index (χ1n) is 10.7. The minimum atomic E-state index is -0.457. The lowest BCUT2D eigenvalue weighted by Crippen LogP contribution is -2.36. The van der Waals surface area contributed by atoms with Crippen LogP contribution < -0.4 is 26.4 Å². The number of aromatic nitrogens is 3. The molecule has 1 unspecified atom stereocenters. The number of anilines is 3. The van der Waals surface area contributed by atoms with Crippen LogP contribution in [-0.4, -0.2) is 59.8 Å². The fourth-order valence-corrected chi connectivity index (χ4v) is 3.40. The molecule has 5 N–H and O–H groups in total. The van der Waals surface area contributed by atoms with Crippen LogP contribution >= 0.6 is 0 Å². The fraction of sp³-hybridized carbons (Fsp3) is 0.304. The number of morpholine rings is 1. The van der Waals surface area contributed by atoms with Gasteiger partial charge in [-0.3, -0.25) is 9.78 Å². The lowest BCUT2D eigenvalue weighted by molar-refractivity contribution is 0.102. The van der Waals surface area contributed by atoms with Crippen LogP contribution in [0.1, 0.15) is 17.4 Å². The second-order valence-corrected chi connectivity index (χ2v) is 7.75. The van der Waals surface area contributed by atoms with Gasteiger partial charge in [0.15, 0.2) is 11.5 Å². The van der Waals surface area contributed by atoms with Gasteiger partial charge < -0.3 is 31.2 Å². The van der Waals surface area contributed by atoms with E-state index in [1.165, 1.54) is 6.20 Å². The molecule has 0 bridgehead atoms. The number of nitrogens with two attached hydrogens (primary N) is 2. The zero-order valence-electron chi connectivity index (χ0n) is 18.4. The Kier molecular flexibility index (Phi) is 6.96. The van der Waals surface area contributed by atoms with Crippen molar-refractivity contribution < 1.29 is 14.3 Å². The minimum absolute atomic E-state index is 0.0431. The van der Waals surface area contributed by atoms with E-state index in [0.717, 1.165) is 24.3 Å². The number of benzene rings is 1. The van der Waals surface area contributed by atoms with Gasteiger partial charge in [-0.1, -0.05) is 0 Å². The number of rotatable bonds is 7. The van der Waals surface area contributed by atoms with Gasteiger partial charge in [0.2, 0.25) is 0 Å². The molecule has 33 heavy (non-hydrogen) atoms. The van der Waals surface area contributed by atoms with E-state index in [9.17, 15) is 4.79 Å². The quantitative estimate of drug-likeness (QED) is 0.493. The van der Waals surface area contributed by atoms with E-state index < -0.39 is 5.91 Å². The number of nitrogen functional groups attached to an aromatic ring is 1. The van der Waals surface area contributed by atoms with Gasteiger partial charge in [-0.15, -0.1) is 0 Å². The number of amides is 1. The highest BCUT2D eigenvalue weighted by molar-refractivity contribution is 6.07. The maximum Gasteiger partial charge on any atom is 0.278 e. The summed E-state index contributed by atoms with van der Waals surface area (Å²) in [4.78, 5) is 28.0. The number of pyridine rings is 1. The highest BCUT2D eigenvalue weighted by Gasteiger charge is 2.19. The van der Waals surface area contributed by atoms with Gasteiger partial charge >= 0.3 is 0 Å². The summed E-state index contributed by atoms with van der Waals surface area (Å²) in [6, 6.07) is 9.13. The number of ether oxygens (including phenoxy) is 2. The molecule has 3 aromatic rings. The van der Waals surface area contributed by atoms with Crippen molar-refractivity contribution in [3.8, 4) is 17.0 Å². The molecule has 1 saturated heterocycles. The molecule has 10 nitrogen and oxygen atoms in total. The molecule has 1 aromatic carbocycles.